The molecule has 0 radical (unpaired) electrons. The average Bonchev–Trinajstić information content (AvgIpc) is 3.05. The number of amidine groups is 1. The molecule has 6 heteroatoms. The number of hydrogen-bond donors (Lipinski definition) is 1. The van der Waals surface area contributed by atoms with Crippen LogP contribution in [0.5, 0.6) is 5.75 Å². The van der Waals surface area contributed by atoms with E-state index in [4.69, 9.17) is 0 Å². The van der Waals surface area contributed by atoms with Gasteiger partial charge in [-0.2, -0.15) is 4.99 Å². The van der Waals surface area contributed by atoms with Gasteiger partial charge < -0.3 is 14.9 Å². The molecular weight excluding hydrogens is 358 g/mol. The number of amides is 1. The Bertz CT molecular complexity index is 896. The maximum atomic E-state index is 12.3. The zero-order valence-corrected chi connectivity index (χ0v) is 15.9. The molecule has 138 valence electrons. The molecule has 2 aliphatic heterocycles. The Balaban J connectivity index is 1.39. The number of phenolic OH excluding ortho intramolecular Hbond substituents is 1. The fourth-order valence-corrected chi connectivity index (χ4v) is 4.13. The lowest BCUT2D eigenvalue weighted by Crippen LogP contribution is -2.47. The van der Waals surface area contributed by atoms with Crippen LogP contribution in [0.25, 0.3) is 6.08 Å². The number of phenols is 1. The highest BCUT2D eigenvalue weighted by atomic mass is 32.2. The largest absolute Gasteiger partial charge is 0.508 e. The van der Waals surface area contributed by atoms with Gasteiger partial charge in [-0.25, -0.2) is 0 Å². The van der Waals surface area contributed by atoms with Crippen LogP contribution >= 0.6 is 11.8 Å². The molecule has 0 atom stereocenters. The predicted octanol–water partition coefficient (Wildman–Crippen LogP) is 3.49. The number of piperazine rings is 1. The first-order valence-corrected chi connectivity index (χ1v) is 9.78. The second kappa shape index (κ2) is 7.48. The van der Waals surface area contributed by atoms with Crippen LogP contribution < -0.4 is 4.90 Å². The number of carbonyl (C=O) groups excluding carboxylic acids is 1. The first kappa shape index (κ1) is 17.7. The van der Waals surface area contributed by atoms with E-state index in [1.807, 2.05) is 6.08 Å². The van der Waals surface area contributed by atoms with E-state index in [1.165, 1.54) is 23.0 Å². The van der Waals surface area contributed by atoms with E-state index in [-0.39, 0.29) is 11.7 Å². The number of hydrogen-bond acceptors (Lipinski definition) is 5. The normalized spacial score (nSPS) is 18.9. The van der Waals surface area contributed by atoms with Gasteiger partial charge in [0.15, 0.2) is 5.17 Å². The number of benzene rings is 2. The molecule has 0 aliphatic carbocycles. The van der Waals surface area contributed by atoms with E-state index in [0.29, 0.717) is 4.91 Å². The van der Waals surface area contributed by atoms with E-state index in [9.17, 15) is 9.90 Å². The van der Waals surface area contributed by atoms with Gasteiger partial charge in [-0.3, -0.25) is 4.79 Å². The Kier molecular flexibility index (Phi) is 4.90. The highest BCUT2D eigenvalue weighted by Crippen LogP contribution is 2.31. The number of carbonyl (C=O) groups is 1. The van der Waals surface area contributed by atoms with Gasteiger partial charge in [0.25, 0.3) is 5.91 Å². The second-order valence-corrected chi connectivity index (χ2v) is 7.72. The van der Waals surface area contributed by atoms with Crippen molar-refractivity contribution >= 4 is 34.6 Å². The van der Waals surface area contributed by atoms with Crippen LogP contribution in [0.1, 0.15) is 11.1 Å². The highest BCUT2D eigenvalue weighted by molar-refractivity contribution is 8.18. The summed E-state index contributed by atoms with van der Waals surface area (Å²) in [5.41, 5.74) is 3.38. The molecule has 0 spiro atoms. The maximum absolute atomic E-state index is 12.3. The zero-order valence-electron chi connectivity index (χ0n) is 15.1. The highest BCUT2D eigenvalue weighted by Gasteiger charge is 2.28. The summed E-state index contributed by atoms with van der Waals surface area (Å²) in [4.78, 5) is 21.7. The summed E-state index contributed by atoms with van der Waals surface area (Å²) in [6, 6.07) is 15.4. The number of anilines is 1. The van der Waals surface area contributed by atoms with Gasteiger partial charge in [0, 0.05) is 31.9 Å². The van der Waals surface area contributed by atoms with Crippen LogP contribution in [0.3, 0.4) is 0 Å². The van der Waals surface area contributed by atoms with Gasteiger partial charge in [0.05, 0.1) is 4.91 Å². The minimum absolute atomic E-state index is 0.191. The summed E-state index contributed by atoms with van der Waals surface area (Å²) < 4.78 is 0. The van der Waals surface area contributed by atoms with Crippen LogP contribution in [0.4, 0.5) is 5.69 Å². The van der Waals surface area contributed by atoms with Crippen molar-refractivity contribution in [1.82, 2.24) is 4.90 Å². The van der Waals surface area contributed by atoms with E-state index in [1.54, 1.807) is 24.3 Å². The third-order valence-corrected chi connectivity index (χ3v) is 5.79. The number of aryl methyl sites for hydroxylation is 1. The number of rotatable bonds is 2. The van der Waals surface area contributed by atoms with Gasteiger partial charge in [0.2, 0.25) is 0 Å². The lowest BCUT2D eigenvalue weighted by molar-refractivity contribution is -0.113. The van der Waals surface area contributed by atoms with Crippen molar-refractivity contribution in [3.8, 4) is 5.75 Å². The second-order valence-electron chi connectivity index (χ2n) is 6.71. The van der Waals surface area contributed by atoms with Crippen molar-refractivity contribution in [2.75, 3.05) is 31.1 Å². The summed E-state index contributed by atoms with van der Waals surface area (Å²) >= 11 is 1.43. The lowest BCUT2D eigenvalue weighted by Gasteiger charge is -2.36. The minimum atomic E-state index is -0.191. The van der Waals surface area contributed by atoms with Gasteiger partial charge in [-0.15, -0.1) is 0 Å². The monoisotopic (exact) mass is 379 g/mol. The molecule has 0 bridgehead atoms. The first-order chi connectivity index (χ1) is 13.1. The molecule has 2 aliphatic rings. The molecular formula is C21H21N3O2S. The molecule has 2 heterocycles. The standard InChI is InChI=1S/C21H21N3O2S/c1-15-2-6-17(7-3-15)23-10-12-24(13-11-23)21-22-20(26)19(27-21)14-16-4-8-18(25)9-5-16/h2-9,14,25H,10-13H2,1H3/b19-14+. The van der Waals surface area contributed by atoms with Crippen LogP contribution in [0.15, 0.2) is 58.4 Å². The van der Waals surface area contributed by atoms with Crippen molar-refractivity contribution in [3.05, 3.63) is 64.6 Å². The van der Waals surface area contributed by atoms with E-state index in [0.717, 1.165) is 36.9 Å². The average molecular weight is 379 g/mol. The molecule has 1 saturated heterocycles. The Hall–Kier alpha value is -2.73. The van der Waals surface area contributed by atoms with Crippen LogP contribution in [-0.4, -0.2) is 47.3 Å². The summed E-state index contributed by atoms with van der Waals surface area (Å²) in [5, 5.41) is 10.2. The van der Waals surface area contributed by atoms with Crippen molar-refractivity contribution in [2.45, 2.75) is 6.92 Å². The molecule has 0 unspecified atom stereocenters. The quantitative estimate of drug-likeness (QED) is 0.810. The van der Waals surface area contributed by atoms with E-state index in [2.05, 4.69) is 46.0 Å². The van der Waals surface area contributed by atoms with E-state index >= 15 is 0 Å². The summed E-state index contributed by atoms with van der Waals surface area (Å²) in [6.07, 6.45) is 1.82. The third kappa shape index (κ3) is 4.01. The van der Waals surface area contributed by atoms with Gasteiger partial charge >= 0.3 is 0 Å². The van der Waals surface area contributed by atoms with Crippen LogP contribution in [-0.2, 0) is 4.79 Å². The molecule has 5 nitrogen and oxygen atoms in total. The molecule has 27 heavy (non-hydrogen) atoms. The van der Waals surface area contributed by atoms with Crippen LogP contribution in [0, 0.1) is 6.92 Å². The van der Waals surface area contributed by atoms with Crippen molar-refractivity contribution in [2.24, 2.45) is 4.99 Å². The summed E-state index contributed by atoms with van der Waals surface area (Å²) in [5.74, 6) is 0.0231. The molecule has 2 aromatic rings. The SMILES string of the molecule is Cc1ccc(N2CCN(C3=NC(=O)/C(=C\c4ccc(O)cc4)S3)CC2)cc1. The van der Waals surface area contributed by atoms with Crippen molar-refractivity contribution in [1.29, 1.82) is 0 Å². The molecule has 4 rings (SSSR count). The van der Waals surface area contributed by atoms with Gasteiger partial charge in [0.1, 0.15) is 5.75 Å². The van der Waals surface area contributed by atoms with Gasteiger partial charge in [-0.05, 0) is 54.6 Å². The van der Waals surface area contributed by atoms with Crippen molar-refractivity contribution in [3.63, 3.8) is 0 Å². The molecule has 1 fully saturated rings. The van der Waals surface area contributed by atoms with E-state index < -0.39 is 0 Å². The fraction of sp³-hybridized carbons (Fsp3) is 0.238. The minimum Gasteiger partial charge on any atom is -0.508 e. The number of nitrogens with zero attached hydrogens (tertiary/aromatic N) is 3. The Morgan fingerprint density at radius 1 is 0.963 bits per heavy atom. The van der Waals surface area contributed by atoms with Crippen molar-refractivity contribution < 1.29 is 9.90 Å². The Morgan fingerprint density at radius 3 is 2.26 bits per heavy atom. The maximum Gasteiger partial charge on any atom is 0.286 e. The Labute approximate surface area is 163 Å². The third-order valence-electron chi connectivity index (χ3n) is 4.75. The van der Waals surface area contributed by atoms with Gasteiger partial charge in [-0.1, -0.05) is 29.8 Å². The number of aromatic hydroxyl groups is 1. The first-order valence-electron chi connectivity index (χ1n) is 8.97. The topological polar surface area (TPSA) is 56.1 Å². The van der Waals surface area contributed by atoms with Crippen LogP contribution in [0.2, 0.25) is 0 Å². The zero-order chi connectivity index (χ0) is 18.8. The summed E-state index contributed by atoms with van der Waals surface area (Å²) in [7, 11) is 0. The molecule has 1 amide bonds. The summed E-state index contributed by atoms with van der Waals surface area (Å²) in [6.45, 7) is 5.61. The molecule has 0 aromatic heterocycles. The lowest BCUT2D eigenvalue weighted by atomic mass is 10.2. The Morgan fingerprint density at radius 2 is 1.59 bits per heavy atom. The molecule has 0 saturated carbocycles. The fourth-order valence-electron chi connectivity index (χ4n) is 3.17. The predicted molar refractivity (Wildman–Crippen MR) is 111 cm³/mol. The number of aliphatic imine (C=N–C) groups is 1. The number of thioether (sulfide) groups is 1. The molecule has 1 N–H and O–H groups in total. The molecule has 2 aromatic carbocycles. The smallest absolute Gasteiger partial charge is 0.286 e.